The third kappa shape index (κ3) is 7.59. The van der Waals surface area contributed by atoms with Crippen LogP contribution in [0.2, 0.25) is 0 Å². The van der Waals surface area contributed by atoms with Crippen LogP contribution in [0.1, 0.15) is 41.6 Å². The molecule has 0 bridgehead atoms. The average Bonchev–Trinajstić information content (AvgIpc) is 3.71. The Morgan fingerprint density at radius 1 is 0.962 bits per heavy atom. The van der Waals surface area contributed by atoms with Gasteiger partial charge in [0.2, 0.25) is 17.7 Å². The number of piperidine rings is 1. The summed E-state index contributed by atoms with van der Waals surface area (Å²) in [6, 6.07) is 19.0. The lowest BCUT2D eigenvalue weighted by Gasteiger charge is -2.29. The highest BCUT2D eigenvalue weighted by molar-refractivity contribution is 6.05. The van der Waals surface area contributed by atoms with Crippen molar-refractivity contribution in [3.05, 3.63) is 89.9 Å². The number of anilines is 2. The quantitative estimate of drug-likeness (QED) is 0.107. The molecule has 1 fully saturated rings. The first-order valence-corrected chi connectivity index (χ1v) is 17.3. The van der Waals surface area contributed by atoms with Gasteiger partial charge in [-0.1, -0.05) is 6.07 Å². The fourth-order valence-electron chi connectivity index (χ4n) is 6.35. The fourth-order valence-corrected chi connectivity index (χ4v) is 6.35. The van der Waals surface area contributed by atoms with Gasteiger partial charge in [-0.15, -0.1) is 0 Å². The minimum Gasteiger partial charge on any atom is -0.493 e. The van der Waals surface area contributed by atoms with Gasteiger partial charge in [-0.3, -0.25) is 19.7 Å². The number of oxazole rings is 1. The molecule has 2 aromatic heterocycles. The zero-order chi connectivity index (χ0) is 36.2. The van der Waals surface area contributed by atoms with Crippen LogP contribution >= 0.6 is 0 Å². The van der Waals surface area contributed by atoms with Gasteiger partial charge >= 0.3 is 0 Å². The van der Waals surface area contributed by atoms with Gasteiger partial charge in [-0.2, -0.15) is 0 Å². The molecule has 0 radical (unpaired) electrons. The van der Waals surface area contributed by atoms with Gasteiger partial charge in [-0.25, -0.2) is 14.4 Å². The lowest BCUT2D eigenvalue weighted by molar-refractivity contribution is -0.136. The summed E-state index contributed by atoms with van der Waals surface area (Å²) in [6.45, 7) is 2.59. The molecule has 4 heterocycles. The Balaban J connectivity index is 0.818. The number of imide groups is 1. The first kappa shape index (κ1) is 34.6. The predicted molar refractivity (Wildman–Crippen MR) is 193 cm³/mol. The molecule has 5 aromatic rings. The molecule has 1 atom stereocenters. The molecular formula is C39H39FN6O6. The maximum atomic E-state index is 15.1. The van der Waals surface area contributed by atoms with Crippen molar-refractivity contribution in [3.63, 3.8) is 0 Å². The first-order valence-electron chi connectivity index (χ1n) is 17.3. The summed E-state index contributed by atoms with van der Waals surface area (Å²) in [7, 11) is 3.81. The Morgan fingerprint density at radius 2 is 1.79 bits per heavy atom. The molecule has 2 aliphatic heterocycles. The summed E-state index contributed by atoms with van der Waals surface area (Å²) < 4.78 is 32.8. The number of fused-ring (bicyclic) bond motifs is 2. The Kier molecular flexibility index (Phi) is 10.1. The van der Waals surface area contributed by atoms with Crippen molar-refractivity contribution in [2.75, 3.05) is 50.7 Å². The minimum absolute atomic E-state index is 0.206. The van der Waals surface area contributed by atoms with E-state index in [1.807, 2.05) is 55.4 Å². The van der Waals surface area contributed by atoms with E-state index in [4.69, 9.17) is 13.9 Å². The van der Waals surface area contributed by atoms with Crippen LogP contribution in [0.15, 0.2) is 77.3 Å². The number of benzene rings is 3. The number of carbonyl (C=O) groups is 3. The van der Waals surface area contributed by atoms with Crippen LogP contribution in [0.4, 0.5) is 15.9 Å². The molecule has 0 spiro atoms. The molecular weight excluding hydrogens is 667 g/mol. The number of hydrogen-bond acceptors (Lipinski definition) is 10. The number of hydrogen-bond donors (Lipinski definition) is 2. The summed E-state index contributed by atoms with van der Waals surface area (Å²) in [5.41, 5.74) is 5.23. The Morgan fingerprint density at radius 3 is 2.58 bits per heavy atom. The predicted octanol–water partition coefficient (Wildman–Crippen LogP) is 5.81. The molecule has 12 nitrogen and oxygen atoms in total. The van der Waals surface area contributed by atoms with Crippen molar-refractivity contribution in [2.45, 2.75) is 38.3 Å². The fraction of sp³-hybridized carbons (Fsp3) is 0.308. The summed E-state index contributed by atoms with van der Waals surface area (Å²) in [5, 5.41) is 5.70. The van der Waals surface area contributed by atoms with Gasteiger partial charge in [0.1, 0.15) is 28.9 Å². The number of nitrogens with one attached hydrogen (secondary N) is 2. The summed E-state index contributed by atoms with van der Waals surface area (Å²) in [4.78, 5) is 49.0. The molecule has 1 unspecified atom stereocenters. The average molecular weight is 707 g/mol. The highest BCUT2D eigenvalue weighted by Gasteiger charge is 2.39. The minimum atomic E-state index is -0.640. The molecule has 13 heteroatoms. The van der Waals surface area contributed by atoms with E-state index in [1.54, 1.807) is 30.5 Å². The maximum Gasteiger partial charge on any atom is 0.255 e. The Labute approximate surface area is 299 Å². The molecule has 7 rings (SSSR count). The van der Waals surface area contributed by atoms with E-state index < -0.39 is 11.9 Å². The summed E-state index contributed by atoms with van der Waals surface area (Å²) >= 11 is 0. The number of pyridine rings is 1. The molecule has 0 aliphatic carbocycles. The van der Waals surface area contributed by atoms with E-state index in [0.29, 0.717) is 90.7 Å². The number of amides is 3. The zero-order valence-corrected chi connectivity index (χ0v) is 29.0. The van der Waals surface area contributed by atoms with Crippen molar-refractivity contribution < 1.29 is 32.7 Å². The van der Waals surface area contributed by atoms with Crippen molar-refractivity contribution >= 4 is 40.3 Å². The normalized spacial score (nSPS) is 15.6. The molecule has 3 aromatic carbocycles. The monoisotopic (exact) mass is 706 g/mol. The number of ether oxygens (including phenoxy) is 2. The van der Waals surface area contributed by atoms with Crippen LogP contribution in [0.5, 0.6) is 5.75 Å². The molecule has 3 amide bonds. The highest BCUT2D eigenvalue weighted by atomic mass is 19.1. The SMILES string of the molecule is CN(C)c1ccc(-c2ccc(-c3nc4ccc(NCCCOCCCOc5ccc6c(c5)CN(C5CCC(=O)NC5=O)C6=O)cc4o3)cc2F)cn1. The van der Waals surface area contributed by atoms with E-state index in [-0.39, 0.29) is 24.1 Å². The van der Waals surface area contributed by atoms with E-state index >= 15 is 4.39 Å². The number of nitrogens with zero attached hydrogens (tertiary/aromatic N) is 4. The van der Waals surface area contributed by atoms with Crippen molar-refractivity contribution in [2.24, 2.45) is 0 Å². The lowest BCUT2D eigenvalue weighted by Crippen LogP contribution is -2.52. The van der Waals surface area contributed by atoms with E-state index in [1.165, 1.54) is 11.0 Å². The molecule has 268 valence electrons. The van der Waals surface area contributed by atoms with Gasteiger partial charge in [0.25, 0.3) is 5.91 Å². The summed E-state index contributed by atoms with van der Waals surface area (Å²) in [5.74, 6) is 0.482. The van der Waals surface area contributed by atoms with Gasteiger partial charge in [-0.05, 0) is 73.0 Å². The van der Waals surface area contributed by atoms with E-state index in [9.17, 15) is 14.4 Å². The number of halogens is 1. The summed E-state index contributed by atoms with van der Waals surface area (Å²) in [6.07, 6.45) is 3.71. The smallest absolute Gasteiger partial charge is 0.255 e. The van der Waals surface area contributed by atoms with E-state index in [0.717, 1.165) is 23.5 Å². The van der Waals surface area contributed by atoms with Crippen LogP contribution in [-0.4, -0.2) is 79.1 Å². The highest BCUT2D eigenvalue weighted by Crippen LogP contribution is 2.32. The van der Waals surface area contributed by atoms with Crippen LogP contribution < -0.4 is 20.3 Å². The topological polar surface area (TPSA) is 139 Å². The number of rotatable bonds is 14. The van der Waals surface area contributed by atoms with Crippen molar-refractivity contribution in [1.82, 2.24) is 20.2 Å². The second-order valence-corrected chi connectivity index (χ2v) is 13.0. The van der Waals surface area contributed by atoms with E-state index in [2.05, 4.69) is 20.6 Å². The standard InChI is InChI=1S/C39H39FN6O6/c1-45(2)35-13-6-25(22-42-35)29-9-5-24(20-31(29)40)38-43-32-11-7-27(21-34(32)52-38)41-15-3-16-50-17-4-18-51-28-8-10-30-26(19-28)23-46(39(30)49)33-12-14-36(47)44-37(33)48/h5-11,13,19-22,33,41H,3-4,12,14-18,23H2,1-2H3,(H,44,47,48). The number of carbonyl (C=O) groups excluding carboxylic acids is 3. The second kappa shape index (κ2) is 15.2. The molecule has 0 saturated carbocycles. The van der Waals surface area contributed by atoms with Crippen LogP contribution in [0.25, 0.3) is 33.7 Å². The third-order valence-corrected chi connectivity index (χ3v) is 9.11. The maximum absolute atomic E-state index is 15.1. The van der Waals surface area contributed by atoms with Crippen molar-refractivity contribution in [3.8, 4) is 28.3 Å². The third-order valence-electron chi connectivity index (χ3n) is 9.11. The zero-order valence-electron chi connectivity index (χ0n) is 29.0. The van der Waals surface area contributed by atoms with Gasteiger partial charge in [0.05, 0.1) is 6.61 Å². The molecule has 1 saturated heterocycles. The number of aromatic nitrogens is 2. The lowest BCUT2D eigenvalue weighted by atomic mass is 10.0. The van der Waals surface area contributed by atoms with Gasteiger partial charge in [0.15, 0.2) is 5.58 Å². The Hall–Kier alpha value is -5.82. The van der Waals surface area contributed by atoms with Crippen LogP contribution in [0.3, 0.4) is 0 Å². The molecule has 2 N–H and O–H groups in total. The second-order valence-electron chi connectivity index (χ2n) is 13.0. The molecule has 52 heavy (non-hydrogen) atoms. The largest absolute Gasteiger partial charge is 0.493 e. The van der Waals surface area contributed by atoms with Gasteiger partial charge in [0, 0.05) is 93.4 Å². The van der Waals surface area contributed by atoms with Crippen molar-refractivity contribution in [1.29, 1.82) is 0 Å². The van der Waals surface area contributed by atoms with Crippen LogP contribution in [0, 0.1) is 5.82 Å². The Bertz CT molecular complexity index is 2120. The van der Waals surface area contributed by atoms with Gasteiger partial charge < -0.3 is 29.0 Å². The van der Waals surface area contributed by atoms with Crippen LogP contribution in [-0.2, 0) is 20.9 Å². The molecule has 2 aliphatic rings. The first-order chi connectivity index (χ1) is 25.2.